The van der Waals surface area contributed by atoms with E-state index in [0.29, 0.717) is 19.3 Å². The molecule has 8 atom stereocenters. The third-order valence-corrected chi connectivity index (χ3v) is 16.0. The highest BCUT2D eigenvalue weighted by Gasteiger charge is 2.47. The number of hydrogen-bond donors (Lipinski definition) is 6. The van der Waals surface area contributed by atoms with Crippen molar-refractivity contribution in [2.24, 2.45) is 0 Å². The Bertz CT molecular complexity index is 1420. The number of ether oxygens (including phenoxy) is 3. The molecule has 11 nitrogen and oxygen atoms in total. The Morgan fingerprint density at radius 3 is 1.32 bits per heavy atom. The normalized spacial score (nSPS) is 19.0. The summed E-state index contributed by atoms with van der Waals surface area (Å²) in [6, 6.07) is -1.02. The Balaban J connectivity index is 2.62. The van der Waals surface area contributed by atoms with Crippen LogP contribution in [0.3, 0.4) is 0 Å². The molecule has 1 aliphatic heterocycles. The van der Waals surface area contributed by atoms with Crippen LogP contribution in [-0.4, -0.2) is 99.6 Å². The lowest BCUT2D eigenvalue weighted by Gasteiger charge is -2.41. The van der Waals surface area contributed by atoms with Crippen molar-refractivity contribution < 1.29 is 49.3 Å². The largest absolute Gasteiger partial charge is 0.454 e. The highest BCUT2D eigenvalue weighted by Crippen LogP contribution is 2.26. The Morgan fingerprint density at radius 2 is 0.873 bits per heavy atom. The van der Waals surface area contributed by atoms with Crippen LogP contribution in [0.5, 0.6) is 0 Å². The first-order chi connectivity index (χ1) is 38.7. The summed E-state index contributed by atoms with van der Waals surface area (Å²) in [6.45, 7) is 5.81. The Morgan fingerprint density at radius 1 is 0.494 bits per heavy atom. The summed E-state index contributed by atoms with van der Waals surface area (Å²) in [4.78, 5) is 26.6. The Kier molecular flexibility index (Phi) is 53.4. The van der Waals surface area contributed by atoms with E-state index < -0.39 is 67.4 Å². The molecule has 11 heteroatoms. The predicted octanol–water partition coefficient (Wildman–Crippen LogP) is 16.6. The van der Waals surface area contributed by atoms with Crippen LogP contribution in [0.1, 0.15) is 323 Å². The van der Waals surface area contributed by atoms with Gasteiger partial charge in [0.1, 0.15) is 24.4 Å². The highest BCUT2D eigenvalue weighted by atomic mass is 16.7. The summed E-state index contributed by atoms with van der Waals surface area (Å²) in [5.74, 6) is -1.18. The number of nitrogens with one attached hydrogen (secondary N) is 1. The molecule has 1 heterocycles. The molecule has 0 aromatic heterocycles. The summed E-state index contributed by atoms with van der Waals surface area (Å²) in [5.41, 5.74) is 0. The second kappa shape index (κ2) is 56.4. The number of aliphatic hydroxyl groups is 5. The van der Waals surface area contributed by atoms with Crippen LogP contribution in [0.25, 0.3) is 0 Å². The zero-order valence-corrected chi connectivity index (χ0v) is 51.5. The van der Waals surface area contributed by atoms with Crippen molar-refractivity contribution in [3.05, 3.63) is 36.5 Å². The van der Waals surface area contributed by atoms with Gasteiger partial charge in [0.15, 0.2) is 12.4 Å². The van der Waals surface area contributed by atoms with Crippen LogP contribution in [0.4, 0.5) is 0 Å². The van der Waals surface area contributed by atoms with Crippen LogP contribution in [0, 0.1) is 0 Å². The fraction of sp³-hybridized carbons (Fsp3) is 0.882. The van der Waals surface area contributed by atoms with Gasteiger partial charge in [0.25, 0.3) is 0 Å². The second-order valence-corrected chi connectivity index (χ2v) is 23.6. The van der Waals surface area contributed by atoms with Gasteiger partial charge in [-0.1, -0.05) is 295 Å². The molecule has 1 fully saturated rings. The maximum absolute atomic E-state index is 13.5. The standard InChI is InChI=1S/C68H127NO10/c1-4-7-10-13-16-19-22-25-27-28-29-30-31-32-33-35-37-40-43-46-49-52-55-61(72)67(76)69-59(60(71)54-51-48-45-42-39-36-24-21-18-15-12-9-6-3)58-77-68-66(65(75)64(74)62(57-70)78-68)79-63(73)56-53-50-47-44-41-38-34-26-23-20-17-14-11-8-5-2/h16,19,25,27,51,54,59-62,64-66,68,70-72,74-75H,4-15,17-18,20-24,26,28-50,52-53,55-58H2,1-3H3,(H,69,76)/b19-16-,27-25-,54-51+. The number of aliphatic hydroxyl groups excluding tert-OH is 5. The van der Waals surface area contributed by atoms with E-state index in [1.54, 1.807) is 6.08 Å². The van der Waals surface area contributed by atoms with Gasteiger partial charge in [-0.2, -0.15) is 0 Å². The van der Waals surface area contributed by atoms with Crippen molar-refractivity contribution in [3.8, 4) is 0 Å². The lowest BCUT2D eigenvalue weighted by atomic mass is 9.99. The molecule has 0 radical (unpaired) electrons. The molecule has 79 heavy (non-hydrogen) atoms. The maximum atomic E-state index is 13.5. The summed E-state index contributed by atoms with van der Waals surface area (Å²) >= 11 is 0. The maximum Gasteiger partial charge on any atom is 0.306 e. The first kappa shape index (κ1) is 74.9. The van der Waals surface area contributed by atoms with Crippen LogP contribution >= 0.6 is 0 Å². The van der Waals surface area contributed by atoms with E-state index in [2.05, 4.69) is 50.4 Å². The monoisotopic (exact) mass is 1120 g/mol. The van der Waals surface area contributed by atoms with Gasteiger partial charge < -0.3 is 45.1 Å². The van der Waals surface area contributed by atoms with E-state index in [1.807, 2.05) is 6.08 Å². The highest BCUT2D eigenvalue weighted by molar-refractivity contribution is 5.80. The number of esters is 1. The summed E-state index contributed by atoms with van der Waals surface area (Å²) in [5, 5.41) is 57.1. The summed E-state index contributed by atoms with van der Waals surface area (Å²) in [6.07, 6.45) is 57.5. The fourth-order valence-electron chi connectivity index (χ4n) is 10.7. The zero-order chi connectivity index (χ0) is 57.5. The molecule has 0 saturated carbocycles. The Hall–Kier alpha value is -2.12. The number of rotatable bonds is 58. The number of carbonyl (C=O) groups is 2. The molecule has 1 rings (SSSR count). The lowest BCUT2D eigenvalue weighted by molar-refractivity contribution is -0.305. The average molecular weight is 1120 g/mol. The van der Waals surface area contributed by atoms with E-state index >= 15 is 0 Å². The molecule has 1 aliphatic rings. The van der Waals surface area contributed by atoms with Crippen LogP contribution in [0.2, 0.25) is 0 Å². The lowest BCUT2D eigenvalue weighted by Crippen LogP contribution is -2.61. The summed E-state index contributed by atoms with van der Waals surface area (Å²) < 4.78 is 17.7. The first-order valence-electron chi connectivity index (χ1n) is 33.8. The molecule has 6 N–H and O–H groups in total. The van der Waals surface area contributed by atoms with E-state index in [1.165, 1.54) is 212 Å². The van der Waals surface area contributed by atoms with Gasteiger partial charge in [-0.3, -0.25) is 9.59 Å². The van der Waals surface area contributed by atoms with Gasteiger partial charge in [0, 0.05) is 6.42 Å². The van der Waals surface area contributed by atoms with E-state index in [0.717, 1.165) is 64.2 Å². The molecular weight excluding hydrogens is 991 g/mol. The van der Waals surface area contributed by atoms with Gasteiger partial charge >= 0.3 is 5.97 Å². The number of hydrogen-bond acceptors (Lipinski definition) is 10. The van der Waals surface area contributed by atoms with Crippen molar-refractivity contribution in [1.29, 1.82) is 0 Å². The number of carbonyl (C=O) groups excluding carboxylic acids is 2. The van der Waals surface area contributed by atoms with Crippen molar-refractivity contribution >= 4 is 11.9 Å². The molecule has 1 amide bonds. The zero-order valence-electron chi connectivity index (χ0n) is 51.5. The first-order valence-corrected chi connectivity index (χ1v) is 33.8. The van der Waals surface area contributed by atoms with Crippen molar-refractivity contribution in [1.82, 2.24) is 5.32 Å². The molecule has 8 unspecified atom stereocenters. The SMILES string of the molecule is CCCCC/C=C\C/C=C\CCCCCCCCCCCCCCC(O)C(=O)NC(COC1OC(CO)C(O)C(O)C1OC(=O)CCCCCCCCCCCCCCCCC)C(O)/C=C/CCCCCCCCCCCCC. The van der Waals surface area contributed by atoms with Gasteiger partial charge in [-0.15, -0.1) is 0 Å². The average Bonchev–Trinajstić information content (AvgIpc) is 3.49. The predicted molar refractivity (Wildman–Crippen MR) is 329 cm³/mol. The van der Waals surface area contributed by atoms with Gasteiger partial charge in [0.05, 0.1) is 25.4 Å². The fourth-order valence-corrected chi connectivity index (χ4v) is 10.7. The van der Waals surface area contributed by atoms with Crippen LogP contribution in [0.15, 0.2) is 36.5 Å². The summed E-state index contributed by atoms with van der Waals surface area (Å²) in [7, 11) is 0. The molecule has 0 bridgehead atoms. The number of amides is 1. The second-order valence-electron chi connectivity index (χ2n) is 23.6. The van der Waals surface area contributed by atoms with Crippen molar-refractivity contribution in [3.63, 3.8) is 0 Å². The van der Waals surface area contributed by atoms with Gasteiger partial charge in [0.2, 0.25) is 5.91 Å². The van der Waals surface area contributed by atoms with Crippen LogP contribution in [-0.2, 0) is 23.8 Å². The minimum Gasteiger partial charge on any atom is -0.454 e. The van der Waals surface area contributed by atoms with E-state index in [-0.39, 0.29) is 13.0 Å². The molecular formula is C68H127NO10. The van der Waals surface area contributed by atoms with Gasteiger partial charge in [-0.25, -0.2) is 0 Å². The molecule has 0 aliphatic carbocycles. The molecule has 1 saturated heterocycles. The Labute approximate surface area is 485 Å². The number of allylic oxidation sites excluding steroid dienone is 5. The minimum absolute atomic E-state index is 0.129. The molecule has 464 valence electrons. The molecule has 0 aromatic carbocycles. The quantitative estimate of drug-likeness (QED) is 0.0195. The smallest absolute Gasteiger partial charge is 0.306 e. The van der Waals surface area contributed by atoms with Crippen molar-refractivity contribution in [2.75, 3.05) is 13.2 Å². The van der Waals surface area contributed by atoms with E-state index in [4.69, 9.17) is 14.2 Å². The molecule has 0 aromatic rings. The van der Waals surface area contributed by atoms with Crippen LogP contribution < -0.4 is 5.32 Å². The minimum atomic E-state index is -1.61. The number of unbranched alkanes of at least 4 members (excludes halogenated alkanes) is 40. The van der Waals surface area contributed by atoms with Crippen molar-refractivity contribution in [2.45, 2.75) is 372 Å². The third-order valence-electron chi connectivity index (χ3n) is 16.0. The van der Waals surface area contributed by atoms with Gasteiger partial charge in [-0.05, 0) is 57.8 Å². The third kappa shape index (κ3) is 44.1. The topological polar surface area (TPSA) is 175 Å². The molecule has 0 spiro atoms. The van der Waals surface area contributed by atoms with E-state index in [9.17, 15) is 35.1 Å².